The molecule has 0 aromatic rings. The Morgan fingerprint density at radius 2 is 2.44 bits per heavy atom. The van der Waals surface area contributed by atoms with E-state index in [2.05, 4.69) is 6.92 Å². The molecule has 1 rings (SSSR count). The van der Waals surface area contributed by atoms with Gasteiger partial charge in [-0.15, -0.1) is 0 Å². The second-order valence-corrected chi connectivity index (χ2v) is 3.28. The van der Waals surface area contributed by atoms with Gasteiger partial charge in [-0.25, -0.2) is 0 Å². The summed E-state index contributed by atoms with van der Waals surface area (Å²) in [5, 5.41) is 9.55. The molecule has 1 aliphatic carbocycles. The van der Waals surface area contributed by atoms with Crippen LogP contribution < -0.4 is 5.73 Å². The second kappa shape index (κ2) is 2.27. The van der Waals surface area contributed by atoms with E-state index in [1.807, 2.05) is 0 Å². The predicted molar refractivity (Wildman–Crippen MR) is 37.0 cm³/mol. The van der Waals surface area contributed by atoms with Crippen LogP contribution in [0.3, 0.4) is 0 Å². The van der Waals surface area contributed by atoms with Gasteiger partial charge in [0, 0.05) is 6.54 Å². The van der Waals surface area contributed by atoms with Gasteiger partial charge in [-0.1, -0.05) is 6.92 Å². The largest absolute Gasteiger partial charge is 0.389 e. The van der Waals surface area contributed by atoms with Gasteiger partial charge < -0.3 is 10.8 Å². The number of aliphatic hydroxyl groups is 1. The summed E-state index contributed by atoms with van der Waals surface area (Å²) in [5.41, 5.74) is 4.87. The maximum absolute atomic E-state index is 9.55. The molecule has 3 N–H and O–H groups in total. The van der Waals surface area contributed by atoms with E-state index in [4.69, 9.17) is 5.73 Å². The zero-order valence-corrected chi connectivity index (χ0v) is 5.93. The lowest BCUT2D eigenvalue weighted by molar-refractivity contribution is 0.0534. The Kier molecular flexibility index (Phi) is 1.78. The Morgan fingerprint density at radius 1 is 1.78 bits per heavy atom. The molecular weight excluding hydrogens is 114 g/mol. The lowest BCUT2D eigenvalue weighted by Crippen LogP contribution is -2.34. The summed E-state index contributed by atoms with van der Waals surface area (Å²) >= 11 is 0. The summed E-state index contributed by atoms with van der Waals surface area (Å²) in [7, 11) is 0. The third kappa shape index (κ3) is 1.43. The molecule has 2 nitrogen and oxygen atoms in total. The van der Waals surface area contributed by atoms with Gasteiger partial charge in [0.1, 0.15) is 0 Å². The molecule has 0 amide bonds. The van der Waals surface area contributed by atoms with Gasteiger partial charge in [-0.2, -0.15) is 0 Å². The zero-order chi connectivity index (χ0) is 6.91. The third-order valence-corrected chi connectivity index (χ3v) is 2.21. The summed E-state index contributed by atoms with van der Waals surface area (Å²) in [6.45, 7) is 2.59. The van der Waals surface area contributed by atoms with Gasteiger partial charge in [-0.05, 0) is 25.2 Å². The van der Waals surface area contributed by atoms with Crippen LogP contribution in [0.4, 0.5) is 0 Å². The molecule has 0 aromatic heterocycles. The Bertz CT molecular complexity index is 105. The first kappa shape index (κ1) is 7.03. The molecule has 0 spiro atoms. The number of hydrogen-bond donors (Lipinski definition) is 2. The molecule has 0 saturated heterocycles. The molecule has 1 fully saturated rings. The molecule has 0 aromatic carbocycles. The summed E-state index contributed by atoms with van der Waals surface area (Å²) < 4.78 is 0. The molecule has 0 heterocycles. The highest BCUT2D eigenvalue weighted by atomic mass is 16.3. The minimum Gasteiger partial charge on any atom is -0.389 e. The highest BCUT2D eigenvalue weighted by molar-refractivity contribution is 4.87. The van der Waals surface area contributed by atoms with Crippen molar-refractivity contribution in [1.82, 2.24) is 0 Å². The van der Waals surface area contributed by atoms with Gasteiger partial charge in [0.15, 0.2) is 0 Å². The SMILES string of the molecule is C[C@H]1CC[C@](O)(CN)C1. The van der Waals surface area contributed by atoms with E-state index in [1.165, 1.54) is 0 Å². The van der Waals surface area contributed by atoms with E-state index in [0.717, 1.165) is 19.3 Å². The molecule has 1 aliphatic rings. The van der Waals surface area contributed by atoms with Crippen LogP contribution in [0.5, 0.6) is 0 Å². The van der Waals surface area contributed by atoms with Crippen molar-refractivity contribution in [2.75, 3.05) is 6.54 Å². The lowest BCUT2D eigenvalue weighted by Gasteiger charge is -2.18. The minimum absolute atomic E-state index is 0.428. The topological polar surface area (TPSA) is 46.2 Å². The normalized spacial score (nSPS) is 43.7. The van der Waals surface area contributed by atoms with E-state index >= 15 is 0 Å². The number of rotatable bonds is 1. The molecule has 1 saturated carbocycles. The van der Waals surface area contributed by atoms with Crippen LogP contribution in [0.15, 0.2) is 0 Å². The van der Waals surface area contributed by atoms with Crippen molar-refractivity contribution in [2.24, 2.45) is 11.7 Å². The van der Waals surface area contributed by atoms with Crippen molar-refractivity contribution >= 4 is 0 Å². The fraction of sp³-hybridized carbons (Fsp3) is 1.00. The molecule has 0 aliphatic heterocycles. The Balaban J connectivity index is 2.45. The average molecular weight is 129 g/mol. The van der Waals surface area contributed by atoms with Crippen LogP contribution >= 0.6 is 0 Å². The van der Waals surface area contributed by atoms with Crippen molar-refractivity contribution in [3.63, 3.8) is 0 Å². The van der Waals surface area contributed by atoms with Crippen LogP contribution in [0, 0.1) is 5.92 Å². The fourth-order valence-corrected chi connectivity index (χ4v) is 1.55. The van der Waals surface area contributed by atoms with E-state index < -0.39 is 5.60 Å². The highest BCUT2D eigenvalue weighted by Gasteiger charge is 2.33. The molecular formula is C7H15NO. The number of nitrogens with two attached hydrogens (primary N) is 1. The van der Waals surface area contributed by atoms with E-state index in [1.54, 1.807) is 0 Å². The molecule has 9 heavy (non-hydrogen) atoms. The molecule has 2 heteroatoms. The van der Waals surface area contributed by atoms with Gasteiger partial charge in [-0.3, -0.25) is 0 Å². The Labute approximate surface area is 56.1 Å². The van der Waals surface area contributed by atoms with Crippen LogP contribution in [0.1, 0.15) is 26.2 Å². The smallest absolute Gasteiger partial charge is 0.0772 e. The lowest BCUT2D eigenvalue weighted by atomic mass is 10.0. The summed E-state index contributed by atoms with van der Waals surface area (Å²) in [6, 6.07) is 0. The van der Waals surface area contributed by atoms with Gasteiger partial charge in [0.2, 0.25) is 0 Å². The summed E-state index contributed by atoms with van der Waals surface area (Å²) in [5.74, 6) is 0.665. The second-order valence-electron chi connectivity index (χ2n) is 3.28. The van der Waals surface area contributed by atoms with Crippen LogP contribution in [-0.2, 0) is 0 Å². The van der Waals surface area contributed by atoms with Crippen LogP contribution in [-0.4, -0.2) is 17.3 Å². The van der Waals surface area contributed by atoms with Crippen molar-refractivity contribution in [3.05, 3.63) is 0 Å². The summed E-state index contributed by atoms with van der Waals surface area (Å²) in [6.07, 6.45) is 2.92. The van der Waals surface area contributed by atoms with Crippen molar-refractivity contribution in [3.8, 4) is 0 Å². The standard InChI is InChI=1S/C7H15NO/c1-6-2-3-7(9,4-6)5-8/h6,9H,2-5,8H2,1H3/t6-,7+/m0/s1. The van der Waals surface area contributed by atoms with Gasteiger partial charge in [0.05, 0.1) is 5.60 Å². The monoisotopic (exact) mass is 129 g/mol. The summed E-state index contributed by atoms with van der Waals surface area (Å²) in [4.78, 5) is 0. The average Bonchev–Trinajstić information content (AvgIpc) is 2.13. The Morgan fingerprint density at radius 3 is 2.67 bits per heavy atom. The fourth-order valence-electron chi connectivity index (χ4n) is 1.55. The molecule has 0 unspecified atom stereocenters. The first-order chi connectivity index (χ1) is 4.16. The van der Waals surface area contributed by atoms with Gasteiger partial charge in [0.25, 0.3) is 0 Å². The molecule has 54 valence electrons. The first-order valence-corrected chi connectivity index (χ1v) is 3.59. The maximum Gasteiger partial charge on any atom is 0.0772 e. The third-order valence-electron chi connectivity index (χ3n) is 2.21. The quantitative estimate of drug-likeness (QED) is 0.541. The van der Waals surface area contributed by atoms with Gasteiger partial charge >= 0.3 is 0 Å². The van der Waals surface area contributed by atoms with Crippen LogP contribution in [0.2, 0.25) is 0 Å². The first-order valence-electron chi connectivity index (χ1n) is 3.59. The van der Waals surface area contributed by atoms with Crippen molar-refractivity contribution in [1.29, 1.82) is 0 Å². The molecule has 0 radical (unpaired) electrons. The van der Waals surface area contributed by atoms with Crippen LogP contribution in [0.25, 0.3) is 0 Å². The molecule has 2 atom stereocenters. The maximum atomic E-state index is 9.55. The van der Waals surface area contributed by atoms with E-state index in [9.17, 15) is 5.11 Å². The zero-order valence-electron chi connectivity index (χ0n) is 5.93. The minimum atomic E-state index is -0.514. The molecule has 0 bridgehead atoms. The van der Waals surface area contributed by atoms with E-state index in [-0.39, 0.29) is 0 Å². The van der Waals surface area contributed by atoms with E-state index in [0.29, 0.717) is 12.5 Å². The van der Waals surface area contributed by atoms with Crippen molar-refractivity contribution < 1.29 is 5.11 Å². The number of hydrogen-bond acceptors (Lipinski definition) is 2. The Hall–Kier alpha value is -0.0800. The highest BCUT2D eigenvalue weighted by Crippen LogP contribution is 2.32. The predicted octanol–water partition coefficient (Wildman–Crippen LogP) is 0.496. The van der Waals surface area contributed by atoms with Crippen molar-refractivity contribution in [2.45, 2.75) is 31.8 Å².